The lowest BCUT2D eigenvalue weighted by atomic mass is 10.1. The van der Waals surface area contributed by atoms with Crippen LogP contribution in [-0.4, -0.2) is 12.1 Å². The van der Waals surface area contributed by atoms with Crippen molar-refractivity contribution < 1.29 is 4.74 Å². The van der Waals surface area contributed by atoms with Gasteiger partial charge in [-0.25, -0.2) is 0 Å². The number of hydrogen-bond acceptors (Lipinski definition) is 3. The van der Waals surface area contributed by atoms with E-state index in [0.29, 0.717) is 11.3 Å². The number of thioether (sulfide) groups is 1. The topological polar surface area (TPSA) is 59.1 Å². The molecule has 0 radical (unpaired) electrons. The third-order valence-electron chi connectivity index (χ3n) is 2.71. The fourth-order valence-electron chi connectivity index (χ4n) is 1.76. The first-order chi connectivity index (χ1) is 9.11. The zero-order chi connectivity index (χ0) is 13.8. The number of nitrogens with two attached hydrogens (primary N) is 1. The zero-order valence-electron chi connectivity index (χ0n) is 10.9. The summed E-state index contributed by atoms with van der Waals surface area (Å²) in [5, 5.41) is 7.63. The smallest absolute Gasteiger partial charge is 0.140 e. The van der Waals surface area contributed by atoms with Gasteiger partial charge in [0.2, 0.25) is 0 Å². The van der Waals surface area contributed by atoms with E-state index in [1.807, 2.05) is 55.6 Å². The van der Waals surface area contributed by atoms with Gasteiger partial charge in [-0.1, -0.05) is 23.8 Å². The van der Waals surface area contributed by atoms with Crippen molar-refractivity contribution >= 4 is 17.6 Å². The zero-order valence-corrected chi connectivity index (χ0v) is 11.8. The van der Waals surface area contributed by atoms with Gasteiger partial charge in [0.15, 0.2) is 0 Å². The summed E-state index contributed by atoms with van der Waals surface area (Å²) in [7, 11) is 0. The Morgan fingerprint density at radius 1 is 1.16 bits per heavy atom. The average Bonchev–Trinajstić information content (AvgIpc) is 2.41. The molecule has 0 atom stereocenters. The number of amidine groups is 1. The Labute approximate surface area is 117 Å². The summed E-state index contributed by atoms with van der Waals surface area (Å²) < 4.78 is 5.91. The van der Waals surface area contributed by atoms with Crippen molar-refractivity contribution in [3.05, 3.63) is 53.6 Å². The molecular formula is C15H16N2OS. The Bertz CT molecular complexity index is 611. The minimum atomic E-state index is 0.0142. The molecule has 2 rings (SSSR count). The van der Waals surface area contributed by atoms with Gasteiger partial charge >= 0.3 is 0 Å². The van der Waals surface area contributed by atoms with E-state index in [4.69, 9.17) is 15.9 Å². The Hall–Kier alpha value is -1.94. The lowest BCUT2D eigenvalue weighted by Gasteiger charge is -2.13. The number of aryl methyl sites for hydroxylation is 1. The highest BCUT2D eigenvalue weighted by Crippen LogP contribution is 2.32. The molecule has 0 aromatic heterocycles. The molecule has 2 aromatic rings. The molecule has 0 heterocycles. The maximum atomic E-state index is 7.63. The predicted octanol–water partition coefficient (Wildman–Crippen LogP) is 3.79. The third-order valence-corrected chi connectivity index (χ3v) is 3.49. The second-order valence-electron chi connectivity index (χ2n) is 4.17. The molecule has 0 bridgehead atoms. The van der Waals surface area contributed by atoms with E-state index in [1.165, 1.54) is 0 Å². The molecule has 0 spiro atoms. The molecule has 98 valence electrons. The summed E-state index contributed by atoms with van der Waals surface area (Å²) in [5.41, 5.74) is 7.28. The van der Waals surface area contributed by atoms with Crippen molar-refractivity contribution in [2.24, 2.45) is 5.73 Å². The van der Waals surface area contributed by atoms with Gasteiger partial charge in [-0.15, -0.1) is 11.8 Å². The fourth-order valence-corrected chi connectivity index (χ4v) is 2.29. The van der Waals surface area contributed by atoms with Crippen LogP contribution in [0.5, 0.6) is 11.5 Å². The van der Waals surface area contributed by atoms with E-state index >= 15 is 0 Å². The third kappa shape index (κ3) is 3.09. The maximum absolute atomic E-state index is 7.63. The van der Waals surface area contributed by atoms with Gasteiger partial charge in [-0.2, -0.15) is 0 Å². The van der Waals surface area contributed by atoms with Crippen LogP contribution in [0.15, 0.2) is 47.4 Å². The Morgan fingerprint density at radius 2 is 1.89 bits per heavy atom. The van der Waals surface area contributed by atoms with Crippen molar-refractivity contribution in [1.82, 2.24) is 0 Å². The largest absolute Gasteiger partial charge is 0.455 e. The van der Waals surface area contributed by atoms with Crippen LogP contribution in [0, 0.1) is 12.3 Å². The number of rotatable bonds is 4. The van der Waals surface area contributed by atoms with Gasteiger partial charge in [0.1, 0.15) is 17.3 Å². The van der Waals surface area contributed by atoms with E-state index in [9.17, 15) is 0 Å². The first kappa shape index (κ1) is 13.5. The van der Waals surface area contributed by atoms with Crippen LogP contribution in [0.1, 0.15) is 11.1 Å². The Morgan fingerprint density at radius 3 is 2.58 bits per heavy atom. The molecule has 0 saturated carbocycles. The van der Waals surface area contributed by atoms with Crippen LogP contribution in [0.4, 0.5) is 0 Å². The van der Waals surface area contributed by atoms with E-state index in [2.05, 4.69) is 0 Å². The molecule has 0 saturated heterocycles. The van der Waals surface area contributed by atoms with Gasteiger partial charge in [-0.3, -0.25) is 5.41 Å². The standard InChI is InChI=1S/C15H16N2OS/c1-10-7-8-12(11(9-10)15(16)17)18-13-5-3-4-6-14(13)19-2/h3-9H,1-2H3,(H3,16,17). The normalized spacial score (nSPS) is 10.2. The molecule has 0 aliphatic heterocycles. The Balaban J connectivity index is 2.41. The maximum Gasteiger partial charge on any atom is 0.140 e. The first-order valence-corrected chi connectivity index (χ1v) is 7.10. The molecule has 19 heavy (non-hydrogen) atoms. The van der Waals surface area contributed by atoms with Crippen LogP contribution >= 0.6 is 11.8 Å². The second-order valence-corrected chi connectivity index (χ2v) is 5.01. The lowest BCUT2D eigenvalue weighted by molar-refractivity contribution is 0.470. The van der Waals surface area contributed by atoms with E-state index in [0.717, 1.165) is 16.2 Å². The average molecular weight is 272 g/mol. The highest BCUT2D eigenvalue weighted by molar-refractivity contribution is 7.98. The molecular weight excluding hydrogens is 256 g/mol. The Kier molecular flexibility index (Phi) is 4.12. The highest BCUT2D eigenvalue weighted by atomic mass is 32.2. The number of ether oxygens (including phenoxy) is 1. The van der Waals surface area contributed by atoms with E-state index < -0.39 is 0 Å². The molecule has 3 nitrogen and oxygen atoms in total. The van der Waals surface area contributed by atoms with Gasteiger partial charge in [0.05, 0.1) is 5.56 Å². The molecule has 4 heteroatoms. The van der Waals surface area contributed by atoms with Crippen molar-refractivity contribution in [2.45, 2.75) is 11.8 Å². The number of hydrogen-bond donors (Lipinski definition) is 2. The molecule has 3 N–H and O–H groups in total. The summed E-state index contributed by atoms with van der Waals surface area (Å²) in [6.45, 7) is 1.96. The van der Waals surface area contributed by atoms with Crippen LogP contribution in [0.25, 0.3) is 0 Å². The SMILES string of the molecule is CSc1ccccc1Oc1ccc(C)cc1C(=N)N. The van der Waals surface area contributed by atoms with E-state index in [1.54, 1.807) is 11.8 Å². The molecule has 0 fully saturated rings. The van der Waals surface area contributed by atoms with E-state index in [-0.39, 0.29) is 5.84 Å². The molecule has 0 aliphatic carbocycles. The van der Waals surface area contributed by atoms with Crippen LogP contribution < -0.4 is 10.5 Å². The number of para-hydroxylation sites is 1. The van der Waals surface area contributed by atoms with Crippen molar-refractivity contribution in [2.75, 3.05) is 6.26 Å². The summed E-state index contributed by atoms with van der Waals surface area (Å²) in [6.07, 6.45) is 2.00. The van der Waals surface area contributed by atoms with Crippen molar-refractivity contribution in [3.8, 4) is 11.5 Å². The van der Waals surface area contributed by atoms with Crippen LogP contribution in [-0.2, 0) is 0 Å². The summed E-state index contributed by atoms with van der Waals surface area (Å²) in [6, 6.07) is 13.5. The summed E-state index contributed by atoms with van der Waals surface area (Å²) in [5.74, 6) is 1.40. The summed E-state index contributed by atoms with van der Waals surface area (Å²) in [4.78, 5) is 1.05. The van der Waals surface area contributed by atoms with Gasteiger partial charge in [-0.05, 0) is 37.4 Å². The molecule has 0 amide bonds. The quantitative estimate of drug-likeness (QED) is 0.505. The minimum Gasteiger partial charge on any atom is -0.455 e. The first-order valence-electron chi connectivity index (χ1n) is 5.87. The van der Waals surface area contributed by atoms with Gasteiger partial charge < -0.3 is 10.5 Å². The minimum absolute atomic E-state index is 0.0142. The number of benzene rings is 2. The molecule has 0 aliphatic rings. The molecule has 0 unspecified atom stereocenters. The molecule has 2 aromatic carbocycles. The number of nitrogens with one attached hydrogen (secondary N) is 1. The fraction of sp³-hybridized carbons (Fsp3) is 0.133. The van der Waals surface area contributed by atoms with Crippen molar-refractivity contribution in [1.29, 1.82) is 5.41 Å². The van der Waals surface area contributed by atoms with Gasteiger partial charge in [0.25, 0.3) is 0 Å². The monoisotopic (exact) mass is 272 g/mol. The number of nitrogen functional groups attached to an aromatic ring is 1. The van der Waals surface area contributed by atoms with Crippen molar-refractivity contribution in [3.63, 3.8) is 0 Å². The summed E-state index contributed by atoms with van der Waals surface area (Å²) >= 11 is 1.62. The van der Waals surface area contributed by atoms with Crippen LogP contribution in [0.3, 0.4) is 0 Å². The van der Waals surface area contributed by atoms with Crippen LogP contribution in [0.2, 0.25) is 0 Å². The second kappa shape index (κ2) is 5.80. The lowest BCUT2D eigenvalue weighted by Crippen LogP contribution is -2.12. The highest BCUT2D eigenvalue weighted by Gasteiger charge is 2.10. The van der Waals surface area contributed by atoms with Gasteiger partial charge in [0, 0.05) is 4.90 Å². The predicted molar refractivity (Wildman–Crippen MR) is 80.5 cm³/mol.